The van der Waals surface area contributed by atoms with Gasteiger partial charge in [0.05, 0.1) is 5.69 Å². The van der Waals surface area contributed by atoms with Crippen molar-refractivity contribution in [2.75, 3.05) is 31.1 Å². The predicted octanol–water partition coefficient (Wildman–Crippen LogP) is 1.94. The van der Waals surface area contributed by atoms with E-state index in [-0.39, 0.29) is 5.91 Å². The van der Waals surface area contributed by atoms with Crippen LogP contribution in [0.4, 0.5) is 5.13 Å². The summed E-state index contributed by atoms with van der Waals surface area (Å²) in [6.45, 7) is 4.79. The summed E-state index contributed by atoms with van der Waals surface area (Å²) >= 11 is 1.59. The van der Waals surface area contributed by atoms with Crippen LogP contribution in [-0.2, 0) is 0 Å². The number of carbonyl (C=O) groups excluding carboxylic acids is 1. The predicted molar refractivity (Wildman–Crippen MR) is 109 cm³/mol. The molecular weight excluding hydrogens is 388 g/mol. The Balaban J connectivity index is 1.28. The molecule has 1 aliphatic heterocycles. The van der Waals surface area contributed by atoms with E-state index in [1.165, 1.54) is 0 Å². The Kier molecular flexibility index (Phi) is 4.39. The van der Waals surface area contributed by atoms with Crippen molar-refractivity contribution in [3.8, 4) is 5.69 Å². The Hall–Kier alpha value is -3.40. The maximum absolute atomic E-state index is 13.0. The number of benzene rings is 1. The summed E-state index contributed by atoms with van der Waals surface area (Å²) in [5.41, 5.74) is 3.41. The summed E-state index contributed by atoms with van der Waals surface area (Å²) in [6, 6.07) is 9.48. The van der Waals surface area contributed by atoms with Crippen LogP contribution < -0.4 is 4.90 Å². The summed E-state index contributed by atoms with van der Waals surface area (Å²) in [5.74, 6) is 0.0435. The first-order valence-corrected chi connectivity index (χ1v) is 10.1. The lowest BCUT2D eigenvalue weighted by Gasteiger charge is -2.34. The van der Waals surface area contributed by atoms with Crippen molar-refractivity contribution in [2.24, 2.45) is 0 Å². The molecule has 1 saturated heterocycles. The van der Waals surface area contributed by atoms with E-state index in [4.69, 9.17) is 0 Å². The second-order valence-electron chi connectivity index (χ2n) is 6.86. The number of aromatic nitrogens is 6. The van der Waals surface area contributed by atoms with Gasteiger partial charge in [-0.1, -0.05) is 11.3 Å². The minimum Gasteiger partial charge on any atom is -0.344 e. The third-order valence-electron chi connectivity index (χ3n) is 5.03. The molecule has 29 heavy (non-hydrogen) atoms. The van der Waals surface area contributed by atoms with E-state index in [2.05, 4.69) is 30.4 Å². The summed E-state index contributed by atoms with van der Waals surface area (Å²) in [6.07, 6.45) is 3.33. The zero-order chi connectivity index (χ0) is 19.8. The molecule has 1 amide bonds. The van der Waals surface area contributed by atoms with Crippen molar-refractivity contribution < 1.29 is 4.79 Å². The minimum atomic E-state index is 0.0435. The zero-order valence-electron chi connectivity index (χ0n) is 15.8. The molecule has 10 heteroatoms. The van der Waals surface area contributed by atoms with Crippen molar-refractivity contribution in [1.29, 1.82) is 0 Å². The maximum atomic E-state index is 13.0. The second-order valence-corrected chi connectivity index (χ2v) is 7.82. The van der Waals surface area contributed by atoms with Gasteiger partial charge in [0, 0.05) is 37.9 Å². The van der Waals surface area contributed by atoms with E-state index in [0.29, 0.717) is 18.7 Å². The lowest BCUT2D eigenvalue weighted by Crippen LogP contribution is -2.48. The molecule has 0 radical (unpaired) electrons. The number of carbonyl (C=O) groups is 1. The molecule has 4 heterocycles. The number of fused-ring (bicyclic) bond motifs is 1. The Labute approximate surface area is 170 Å². The molecule has 1 aliphatic rings. The molecule has 1 fully saturated rings. The average molecular weight is 406 g/mol. The molecule has 0 unspecified atom stereocenters. The number of tetrazole rings is 1. The van der Waals surface area contributed by atoms with Crippen LogP contribution in [0, 0.1) is 6.92 Å². The summed E-state index contributed by atoms with van der Waals surface area (Å²) in [4.78, 5) is 27.1. The van der Waals surface area contributed by atoms with Gasteiger partial charge in [0.2, 0.25) is 0 Å². The van der Waals surface area contributed by atoms with Crippen LogP contribution >= 0.6 is 11.3 Å². The third kappa shape index (κ3) is 3.31. The molecule has 146 valence electrons. The summed E-state index contributed by atoms with van der Waals surface area (Å²) in [7, 11) is 0. The van der Waals surface area contributed by atoms with Gasteiger partial charge in [-0.05, 0) is 53.2 Å². The highest BCUT2D eigenvalue weighted by Gasteiger charge is 2.24. The van der Waals surface area contributed by atoms with Gasteiger partial charge in [-0.3, -0.25) is 4.79 Å². The van der Waals surface area contributed by atoms with Gasteiger partial charge < -0.3 is 9.80 Å². The number of nitrogens with zero attached hydrogens (tertiary/aromatic N) is 8. The fourth-order valence-corrected chi connectivity index (χ4v) is 4.45. The molecule has 4 aromatic rings. The van der Waals surface area contributed by atoms with E-state index in [9.17, 15) is 4.79 Å². The molecule has 0 spiro atoms. The maximum Gasteiger partial charge on any atom is 0.253 e. The molecule has 9 nitrogen and oxygen atoms in total. The smallest absolute Gasteiger partial charge is 0.253 e. The quantitative estimate of drug-likeness (QED) is 0.513. The van der Waals surface area contributed by atoms with Crippen LogP contribution in [-0.4, -0.2) is 67.2 Å². The lowest BCUT2D eigenvalue weighted by atomic mass is 10.1. The number of pyridine rings is 1. The number of thiazole rings is 1. The first-order chi connectivity index (χ1) is 14.2. The lowest BCUT2D eigenvalue weighted by molar-refractivity contribution is 0.0746. The number of anilines is 1. The molecule has 1 aromatic carbocycles. The highest BCUT2D eigenvalue weighted by atomic mass is 32.1. The standard InChI is InChI=1S/C19H18N8OS/c1-13-11-14(4-5-16(13)27-12-21-23-24-27)18(28)25-7-9-26(10-8-25)19-22-15-3-2-6-20-17(15)29-19/h2-6,11-12H,7-10H2,1H3. The Bertz CT molecular complexity index is 1130. The summed E-state index contributed by atoms with van der Waals surface area (Å²) in [5, 5.41) is 12.2. The Morgan fingerprint density at radius 2 is 2.00 bits per heavy atom. The topological polar surface area (TPSA) is 92.9 Å². The van der Waals surface area contributed by atoms with E-state index < -0.39 is 0 Å². The van der Waals surface area contributed by atoms with E-state index in [1.54, 1.807) is 28.5 Å². The van der Waals surface area contributed by atoms with E-state index >= 15 is 0 Å². The Morgan fingerprint density at radius 1 is 1.14 bits per heavy atom. The number of hydrogen-bond acceptors (Lipinski definition) is 8. The first kappa shape index (κ1) is 17.7. The molecule has 0 saturated carbocycles. The van der Waals surface area contributed by atoms with Gasteiger partial charge in [0.1, 0.15) is 16.7 Å². The number of aryl methyl sites for hydroxylation is 1. The van der Waals surface area contributed by atoms with Crippen molar-refractivity contribution in [1.82, 2.24) is 35.1 Å². The molecule has 0 aliphatic carbocycles. The van der Waals surface area contributed by atoms with E-state index in [0.717, 1.165) is 39.8 Å². The zero-order valence-corrected chi connectivity index (χ0v) is 16.6. The van der Waals surface area contributed by atoms with Gasteiger partial charge in [0.25, 0.3) is 5.91 Å². The number of rotatable bonds is 3. The molecule has 5 rings (SSSR count). The molecule has 0 bridgehead atoms. The highest BCUT2D eigenvalue weighted by Crippen LogP contribution is 2.28. The number of piperazine rings is 1. The van der Waals surface area contributed by atoms with Crippen molar-refractivity contribution >= 4 is 32.7 Å². The Morgan fingerprint density at radius 3 is 2.72 bits per heavy atom. The van der Waals surface area contributed by atoms with Crippen LogP contribution in [0.5, 0.6) is 0 Å². The molecular formula is C19H18N8OS. The highest BCUT2D eigenvalue weighted by molar-refractivity contribution is 7.21. The first-order valence-electron chi connectivity index (χ1n) is 9.29. The van der Waals surface area contributed by atoms with Gasteiger partial charge in [0.15, 0.2) is 5.13 Å². The van der Waals surface area contributed by atoms with Crippen molar-refractivity contribution in [3.05, 3.63) is 54.0 Å². The number of amides is 1. The van der Waals surface area contributed by atoms with Crippen LogP contribution in [0.1, 0.15) is 15.9 Å². The van der Waals surface area contributed by atoms with E-state index in [1.807, 2.05) is 42.2 Å². The number of hydrogen-bond donors (Lipinski definition) is 0. The molecule has 0 N–H and O–H groups in total. The second kappa shape index (κ2) is 7.21. The van der Waals surface area contributed by atoms with Crippen LogP contribution in [0.25, 0.3) is 16.0 Å². The van der Waals surface area contributed by atoms with Crippen LogP contribution in [0.2, 0.25) is 0 Å². The van der Waals surface area contributed by atoms with Gasteiger partial charge in [-0.15, -0.1) is 5.10 Å². The summed E-state index contributed by atoms with van der Waals surface area (Å²) < 4.78 is 1.59. The fraction of sp³-hybridized carbons (Fsp3) is 0.263. The fourth-order valence-electron chi connectivity index (χ4n) is 3.49. The average Bonchev–Trinajstić information content (AvgIpc) is 3.43. The molecule has 0 atom stereocenters. The van der Waals surface area contributed by atoms with Crippen molar-refractivity contribution in [3.63, 3.8) is 0 Å². The monoisotopic (exact) mass is 406 g/mol. The minimum absolute atomic E-state index is 0.0435. The SMILES string of the molecule is Cc1cc(C(=O)N2CCN(c3nc4cccnc4s3)CC2)ccc1-n1cnnn1. The van der Waals surface area contributed by atoms with Gasteiger partial charge in [-0.2, -0.15) is 0 Å². The van der Waals surface area contributed by atoms with Gasteiger partial charge >= 0.3 is 0 Å². The van der Waals surface area contributed by atoms with Crippen LogP contribution in [0.3, 0.4) is 0 Å². The third-order valence-corrected chi connectivity index (χ3v) is 6.07. The molecule has 3 aromatic heterocycles. The largest absolute Gasteiger partial charge is 0.344 e. The normalized spacial score (nSPS) is 14.5. The van der Waals surface area contributed by atoms with Gasteiger partial charge in [-0.25, -0.2) is 14.6 Å². The van der Waals surface area contributed by atoms with Crippen LogP contribution in [0.15, 0.2) is 42.9 Å². The van der Waals surface area contributed by atoms with Crippen molar-refractivity contribution in [2.45, 2.75) is 6.92 Å².